The molecule has 0 aliphatic carbocycles. The average molecular weight is 502 g/mol. The van der Waals surface area contributed by atoms with Crippen LogP contribution in [0.3, 0.4) is 0 Å². The number of carbonyl (C=O) groups excluding carboxylic acids is 2. The van der Waals surface area contributed by atoms with Crippen LogP contribution >= 0.6 is 34.5 Å². The summed E-state index contributed by atoms with van der Waals surface area (Å²) in [6, 6.07) is 9.08. The molecule has 5 rings (SSSR count). The summed E-state index contributed by atoms with van der Waals surface area (Å²) in [7, 11) is 0. The Balaban J connectivity index is 1.70. The predicted octanol–water partition coefficient (Wildman–Crippen LogP) is 5.10. The summed E-state index contributed by atoms with van der Waals surface area (Å²) in [5, 5.41) is 20.8. The van der Waals surface area contributed by atoms with Crippen molar-refractivity contribution in [2.75, 3.05) is 4.90 Å². The molecule has 2 aliphatic heterocycles. The van der Waals surface area contributed by atoms with Gasteiger partial charge in [-0.05, 0) is 55.3 Å². The number of Topliss-reactive ketones (excluding diaryl/α,β-unsaturated/α-hetero) is 1. The van der Waals surface area contributed by atoms with E-state index in [2.05, 4.69) is 10.2 Å². The Labute approximate surface area is 203 Å². The molecule has 0 radical (unpaired) electrons. The Morgan fingerprint density at radius 2 is 1.94 bits per heavy atom. The number of carbonyl (C=O) groups is 2. The first-order chi connectivity index (χ1) is 15.7. The maximum Gasteiger partial charge on any atom is 0.301 e. The lowest BCUT2D eigenvalue weighted by atomic mass is 9.94. The Bertz CT molecular complexity index is 1350. The normalized spacial score (nSPS) is 21.4. The summed E-state index contributed by atoms with van der Waals surface area (Å²) in [5.41, 5.74) is 1.80. The highest BCUT2D eigenvalue weighted by molar-refractivity contribution is 7.15. The van der Waals surface area contributed by atoms with E-state index in [1.54, 1.807) is 43.3 Å². The Morgan fingerprint density at radius 3 is 2.64 bits per heavy atom. The molecule has 0 spiro atoms. The van der Waals surface area contributed by atoms with Gasteiger partial charge < -0.3 is 9.84 Å². The molecule has 1 N–H and O–H groups in total. The molecule has 1 saturated heterocycles. The number of ketones is 1. The van der Waals surface area contributed by atoms with Crippen molar-refractivity contribution in [1.82, 2.24) is 10.2 Å². The van der Waals surface area contributed by atoms with Crippen LogP contribution in [0.15, 0.2) is 42.0 Å². The van der Waals surface area contributed by atoms with E-state index in [0.29, 0.717) is 27.6 Å². The molecular formula is C23H17Cl2N3O4S. The zero-order valence-electron chi connectivity index (χ0n) is 17.5. The SMILES string of the molecule is Cc1nnc(N2C(=O)C(=O)C(=C(O)c3ccc4c(c3)C[C@H](C)O4)[C@H]2c2ccc(Cl)c(Cl)c2)s1. The van der Waals surface area contributed by atoms with E-state index in [4.69, 9.17) is 27.9 Å². The third-order valence-corrected chi connectivity index (χ3v) is 7.17. The molecule has 2 atom stereocenters. The summed E-state index contributed by atoms with van der Waals surface area (Å²) >= 11 is 13.5. The van der Waals surface area contributed by atoms with Gasteiger partial charge in [-0.25, -0.2) is 0 Å². The maximum atomic E-state index is 13.2. The van der Waals surface area contributed by atoms with Gasteiger partial charge in [-0.15, -0.1) is 10.2 Å². The van der Waals surface area contributed by atoms with E-state index in [0.717, 1.165) is 11.3 Å². The van der Waals surface area contributed by atoms with Crippen LogP contribution in [0.5, 0.6) is 5.75 Å². The summed E-state index contributed by atoms with van der Waals surface area (Å²) in [6.45, 7) is 3.71. The Morgan fingerprint density at radius 1 is 1.15 bits per heavy atom. The van der Waals surface area contributed by atoms with Crippen LogP contribution in [0, 0.1) is 6.92 Å². The van der Waals surface area contributed by atoms with E-state index in [1.807, 2.05) is 6.92 Å². The molecule has 168 valence electrons. The maximum absolute atomic E-state index is 13.2. The van der Waals surface area contributed by atoms with Crippen molar-refractivity contribution < 1.29 is 19.4 Å². The fourth-order valence-electron chi connectivity index (χ4n) is 4.14. The number of ether oxygens (including phenoxy) is 1. The molecule has 2 aromatic carbocycles. The van der Waals surface area contributed by atoms with Gasteiger partial charge in [0, 0.05) is 12.0 Å². The van der Waals surface area contributed by atoms with Crippen molar-refractivity contribution >= 4 is 57.1 Å². The zero-order chi connectivity index (χ0) is 23.4. The van der Waals surface area contributed by atoms with E-state index >= 15 is 0 Å². The highest BCUT2D eigenvalue weighted by Crippen LogP contribution is 2.44. The van der Waals surface area contributed by atoms with Crippen LogP contribution in [0.4, 0.5) is 5.13 Å². The number of halogens is 2. The highest BCUT2D eigenvalue weighted by Gasteiger charge is 2.48. The van der Waals surface area contributed by atoms with Gasteiger partial charge in [-0.3, -0.25) is 14.5 Å². The van der Waals surface area contributed by atoms with E-state index < -0.39 is 17.7 Å². The van der Waals surface area contributed by atoms with Crippen molar-refractivity contribution in [3.05, 3.63) is 73.7 Å². The van der Waals surface area contributed by atoms with Crippen molar-refractivity contribution in [2.45, 2.75) is 32.4 Å². The number of nitrogens with zero attached hydrogens (tertiary/aromatic N) is 3. The molecule has 0 unspecified atom stereocenters. The molecule has 7 nitrogen and oxygen atoms in total. The number of hydrogen-bond donors (Lipinski definition) is 1. The van der Waals surface area contributed by atoms with Crippen LogP contribution in [0.2, 0.25) is 10.0 Å². The molecule has 10 heteroatoms. The molecule has 3 heterocycles. The molecule has 0 saturated carbocycles. The molecule has 1 aromatic heterocycles. The number of amides is 1. The minimum atomic E-state index is -0.949. The first kappa shape index (κ1) is 21.9. The Kier molecular flexibility index (Phi) is 5.39. The second kappa shape index (κ2) is 8.13. The van der Waals surface area contributed by atoms with Crippen molar-refractivity contribution in [3.8, 4) is 5.75 Å². The molecular weight excluding hydrogens is 485 g/mol. The van der Waals surface area contributed by atoms with Gasteiger partial charge in [0.05, 0.1) is 21.7 Å². The van der Waals surface area contributed by atoms with Crippen molar-refractivity contribution in [2.24, 2.45) is 0 Å². The lowest BCUT2D eigenvalue weighted by Gasteiger charge is -2.23. The third kappa shape index (κ3) is 3.68. The smallest absolute Gasteiger partial charge is 0.301 e. The standard InChI is InChI=1S/C23H17Cl2N3O4S/c1-10-7-14-8-13(4-6-17(14)32-10)20(29)18-19(12-3-5-15(24)16(25)9-12)28(22(31)21(18)30)23-27-26-11(2)33-23/h3-6,8-10,19,29H,7H2,1-2H3/t10-,19+/m0/s1. The van der Waals surface area contributed by atoms with E-state index in [-0.39, 0.29) is 27.6 Å². The largest absolute Gasteiger partial charge is 0.507 e. The number of hydrogen-bond acceptors (Lipinski definition) is 7. The van der Waals surface area contributed by atoms with E-state index in [1.165, 1.54) is 16.2 Å². The van der Waals surface area contributed by atoms with Gasteiger partial charge in [0.15, 0.2) is 0 Å². The monoisotopic (exact) mass is 501 g/mol. The zero-order valence-corrected chi connectivity index (χ0v) is 19.8. The van der Waals surface area contributed by atoms with Crippen molar-refractivity contribution in [3.63, 3.8) is 0 Å². The van der Waals surface area contributed by atoms with Gasteiger partial charge in [-0.2, -0.15) is 0 Å². The van der Waals surface area contributed by atoms with Crippen molar-refractivity contribution in [1.29, 1.82) is 0 Å². The quantitative estimate of drug-likeness (QED) is 0.304. The lowest BCUT2D eigenvalue weighted by molar-refractivity contribution is -0.132. The second-order valence-electron chi connectivity index (χ2n) is 7.90. The summed E-state index contributed by atoms with van der Waals surface area (Å²) in [4.78, 5) is 27.6. The number of aliphatic hydroxyl groups is 1. The average Bonchev–Trinajstić information content (AvgIpc) is 3.44. The topological polar surface area (TPSA) is 92.6 Å². The summed E-state index contributed by atoms with van der Waals surface area (Å²) in [5.74, 6) is -1.16. The fourth-order valence-corrected chi connectivity index (χ4v) is 5.16. The first-order valence-corrected chi connectivity index (χ1v) is 11.7. The number of aliphatic hydroxyl groups excluding tert-OH is 1. The number of fused-ring (bicyclic) bond motifs is 1. The van der Waals surface area contributed by atoms with Crippen LogP contribution in [-0.2, 0) is 16.0 Å². The van der Waals surface area contributed by atoms with Gasteiger partial charge in [0.25, 0.3) is 5.78 Å². The minimum Gasteiger partial charge on any atom is -0.507 e. The number of aryl methyl sites for hydroxylation is 1. The second-order valence-corrected chi connectivity index (χ2v) is 9.88. The minimum absolute atomic E-state index is 0.0276. The molecule has 0 bridgehead atoms. The molecule has 33 heavy (non-hydrogen) atoms. The predicted molar refractivity (Wildman–Crippen MR) is 126 cm³/mol. The van der Waals surface area contributed by atoms with Gasteiger partial charge in [0.1, 0.15) is 22.6 Å². The highest BCUT2D eigenvalue weighted by atomic mass is 35.5. The number of benzene rings is 2. The summed E-state index contributed by atoms with van der Waals surface area (Å²) < 4.78 is 5.73. The number of rotatable bonds is 3. The number of aromatic nitrogens is 2. The fraction of sp³-hybridized carbons (Fsp3) is 0.217. The van der Waals surface area contributed by atoms with Gasteiger partial charge in [0.2, 0.25) is 5.13 Å². The first-order valence-electron chi connectivity index (χ1n) is 10.1. The molecule has 1 amide bonds. The molecule has 2 aliphatic rings. The Hall–Kier alpha value is -2.94. The number of anilines is 1. The van der Waals surface area contributed by atoms with Crippen LogP contribution in [0.1, 0.15) is 34.7 Å². The summed E-state index contributed by atoms with van der Waals surface area (Å²) in [6.07, 6.45) is 0.713. The van der Waals surface area contributed by atoms with Crippen LogP contribution in [-0.4, -0.2) is 33.1 Å². The van der Waals surface area contributed by atoms with Crippen LogP contribution < -0.4 is 9.64 Å². The third-order valence-electron chi connectivity index (χ3n) is 5.59. The van der Waals surface area contributed by atoms with E-state index in [9.17, 15) is 14.7 Å². The molecule has 1 fully saturated rings. The van der Waals surface area contributed by atoms with Crippen LogP contribution in [0.25, 0.3) is 5.76 Å². The lowest BCUT2D eigenvalue weighted by Crippen LogP contribution is -2.29. The van der Waals surface area contributed by atoms with Gasteiger partial charge in [-0.1, -0.05) is 40.6 Å². The van der Waals surface area contributed by atoms with Gasteiger partial charge >= 0.3 is 5.91 Å². The molecule has 3 aromatic rings.